The fraction of sp³-hybridized carbons (Fsp3) is 0.706. The molecular formula is C34H53NO4. The van der Waals surface area contributed by atoms with Gasteiger partial charge in [0.1, 0.15) is 0 Å². The zero-order valence-electron chi connectivity index (χ0n) is 24.6. The molecular weight excluding hydrogens is 486 g/mol. The topological polar surface area (TPSA) is 55.8 Å². The molecule has 39 heavy (non-hydrogen) atoms. The van der Waals surface area contributed by atoms with E-state index in [1.165, 1.54) is 95.5 Å². The summed E-state index contributed by atoms with van der Waals surface area (Å²) in [5.41, 5.74) is 2.35. The Balaban J connectivity index is 1.41. The Hall–Kier alpha value is -2.48. The zero-order valence-corrected chi connectivity index (χ0v) is 24.6. The van der Waals surface area contributed by atoms with Crippen LogP contribution in [0.2, 0.25) is 0 Å². The van der Waals surface area contributed by atoms with Gasteiger partial charge in [0, 0.05) is 6.42 Å². The first-order valence-electron chi connectivity index (χ1n) is 15.8. The summed E-state index contributed by atoms with van der Waals surface area (Å²) in [5, 5.41) is 0. The molecule has 0 bridgehead atoms. The maximum Gasteiger partial charge on any atom is 0.413 e. The average Bonchev–Trinajstić information content (AvgIpc) is 3.37. The summed E-state index contributed by atoms with van der Waals surface area (Å²) in [4.78, 5) is 26.2. The first-order valence-corrected chi connectivity index (χ1v) is 15.8. The predicted molar refractivity (Wildman–Crippen MR) is 159 cm³/mol. The maximum absolute atomic E-state index is 12.7. The highest BCUT2D eigenvalue weighted by Gasteiger charge is 2.31. The van der Waals surface area contributed by atoms with E-state index in [0.717, 1.165) is 37.7 Å². The van der Waals surface area contributed by atoms with Gasteiger partial charge >= 0.3 is 12.1 Å². The van der Waals surface area contributed by atoms with E-state index < -0.39 is 6.09 Å². The molecule has 1 unspecified atom stereocenters. The third-order valence-corrected chi connectivity index (χ3v) is 7.86. The highest BCUT2D eigenvalue weighted by molar-refractivity contribution is 5.71. The minimum atomic E-state index is -0.541. The number of ether oxygens (including phenoxy) is 2. The highest BCUT2D eigenvalue weighted by Crippen LogP contribution is 2.35. The number of carbonyl (C=O) groups is 2. The number of benzene rings is 1. The van der Waals surface area contributed by atoms with Gasteiger partial charge in [0.2, 0.25) is 6.79 Å². The molecule has 2 rings (SSSR count). The first kappa shape index (κ1) is 32.7. The number of rotatable bonds is 22. The van der Waals surface area contributed by atoms with Gasteiger partial charge in [-0.1, -0.05) is 140 Å². The van der Waals surface area contributed by atoms with Gasteiger partial charge in [-0.15, -0.1) is 6.42 Å². The lowest BCUT2D eigenvalue weighted by Crippen LogP contribution is -2.35. The Morgan fingerprint density at radius 3 is 1.92 bits per heavy atom. The molecule has 0 N–H and O–H groups in total. The van der Waals surface area contributed by atoms with Gasteiger partial charge in [0.15, 0.2) is 0 Å². The van der Waals surface area contributed by atoms with Crippen molar-refractivity contribution in [2.24, 2.45) is 0 Å². The Bertz CT molecular complexity index is 846. The lowest BCUT2D eigenvalue weighted by atomic mass is 10.0. The molecule has 0 fully saturated rings. The third kappa shape index (κ3) is 13.9. The van der Waals surface area contributed by atoms with Gasteiger partial charge in [-0.2, -0.15) is 0 Å². The summed E-state index contributed by atoms with van der Waals surface area (Å²) >= 11 is 0. The number of carbonyl (C=O) groups excluding carboxylic acids is 2. The normalized spacial score (nSPS) is 14.0. The molecule has 0 heterocycles. The van der Waals surface area contributed by atoms with Crippen LogP contribution in [0.4, 0.5) is 4.79 Å². The van der Waals surface area contributed by atoms with Crippen molar-refractivity contribution in [1.82, 2.24) is 4.90 Å². The smallest absolute Gasteiger partial charge is 0.413 e. The number of fused-ring (bicyclic) bond motifs is 1. The van der Waals surface area contributed by atoms with Crippen molar-refractivity contribution < 1.29 is 19.1 Å². The van der Waals surface area contributed by atoms with Crippen LogP contribution in [0, 0.1) is 12.3 Å². The molecule has 0 saturated heterocycles. The minimum absolute atomic E-state index is 0.102. The van der Waals surface area contributed by atoms with E-state index >= 15 is 0 Å². The van der Waals surface area contributed by atoms with Crippen LogP contribution in [0.3, 0.4) is 0 Å². The molecule has 1 atom stereocenters. The predicted octanol–water partition coefficient (Wildman–Crippen LogP) is 9.29. The fourth-order valence-corrected chi connectivity index (χ4v) is 5.55. The minimum Gasteiger partial charge on any atom is -0.428 e. The number of terminal acetylenes is 1. The third-order valence-electron chi connectivity index (χ3n) is 7.86. The molecule has 218 valence electrons. The lowest BCUT2D eigenvalue weighted by molar-refractivity contribution is -0.152. The van der Waals surface area contributed by atoms with Crippen molar-refractivity contribution in [1.29, 1.82) is 0 Å². The summed E-state index contributed by atoms with van der Waals surface area (Å²) < 4.78 is 10.4. The van der Waals surface area contributed by atoms with Crippen molar-refractivity contribution in [3.63, 3.8) is 0 Å². The Labute approximate surface area is 238 Å². The van der Waals surface area contributed by atoms with Crippen LogP contribution in [0.25, 0.3) is 0 Å². The highest BCUT2D eigenvalue weighted by atomic mass is 16.7. The second-order valence-electron chi connectivity index (χ2n) is 11.0. The zero-order chi connectivity index (χ0) is 28.0. The second-order valence-corrected chi connectivity index (χ2v) is 11.0. The number of esters is 1. The number of nitrogens with zero attached hydrogens (tertiary/aromatic N) is 1. The van der Waals surface area contributed by atoms with Gasteiger partial charge in [0.05, 0.1) is 12.6 Å². The number of aryl methyl sites for hydroxylation is 1. The number of unbranched alkanes of at least 4 members (excludes halogenated alkanes) is 16. The molecule has 1 amide bonds. The molecule has 1 aliphatic carbocycles. The molecule has 5 heteroatoms. The summed E-state index contributed by atoms with van der Waals surface area (Å²) in [6, 6.07) is 7.98. The molecule has 1 aromatic rings. The summed E-state index contributed by atoms with van der Waals surface area (Å²) in [5.74, 6) is 2.23. The van der Waals surface area contributed by atoms with Gasteiger partial charge < -0.3 is 9.47 Å². The van der Waals surface area contributed by atoms with Crippen LogP contribution in [0.5, 0.6) is 0 Å². The Kier molecular flexibility index (Phi) is 17.9. The number of amides is 1. The van der Waals surface area contributed by atoms with E-state index in [9.17, 15) is 9.59 Å². The van der Waals surface area contributed by atoms with E-state index in [-0.39, 0.29) is 25.3 Å². The van der Waals surface area contributed by atoms with Crippen LogP contribution < -0.4 is 0 Å². The van der Waals surface area contributed by atoms with Crippen molar-refractivity contribution in [3.05, 3.63) is 35.4 Å². The first-order chi connectivity index (χ1) is 19.2. The summed E-state index contributed by atoms with van der Waals surface area (Å²) in [7, 11) is 0. The lowest BCUT2D eigenvalue weighted by Gasteiger charge is -2.27. The van der Waals surface area contributed by atoms with Gasteiger partial charge in [0.25, 0.3) is 0 Å². The van der Waals surface area contributed by atoms with E-state index in [0.29, 0.717) is 6.42 Å². The van der Waals surface area contributed by atoms with E-state index in [1.54, 1.807) is 4.90 Å². The summed E-state index contributed by atoms with van der Waals surface area (Å²) in [6.07, 6.45) is 29.3. The molecule has 0 radical (unpaired) electrons. The van der Waals surface area contributed by atoms with Crippen LogP contribution in [0.1, 0.15) is 146 Å². The van der Waals surface area contributed by atoms with Crippen LogP contribution in [-0.4, -0.2) is 30.3 Å². The van der Waals surface area contributed by atoms with Crippen molar-refractivity contribution in [3.8, 4) is 12.3 Å². The molecule has 0 aliphatic heterocycles. The van der Waals surface area contributed by atoms with Crippen LogP contribution >= 0.6 is 0 Å². The molecule has 0 saturated carbocycles. The molecule has 0 spiro atoms. The molecule has 1 aliphatic rings. The molecule has 5 nitrogen and oxygen atoms in total. The summed E-state index contributed by atoms with van der Waals surface area (Å²) in [6.45, 7) is 2.06. The van der Waals surface area contributed by atoms with Gasteiger partial charge in [-0.25, -0.2) is 4.79 Å². The maximum atomic E-state index is 12.7. The van der Waals surface area contributed by atoms with E-state index in [2.05, 4.69) is 18.9 Å². The molecule has 0 aromatic heterocycles. The largest absolute Gasteiger partial charge is 0.428 e. The monoisotopic (exact) mass is 539 g/mol. The fourth-order valence-electron chi connectivity index (χ4n) is 5.55. The second kappa shape index (κ2) is 21.4. The van der Waals surface area contributed by atoms with Gasteiger partial charge in [-0.05, 0) is 30.4 Å². The van der Waals surface area contributed by atoms with Crippen molar-refractivity contribution >= 4 is 12.1 Å². The molecule has 1 aromatic carbocycles. The van der Waals surface area contributed by atoms with E-state index in [4.69, 9.17) is 15.9 Å². The number of hydrogen-bond donors (Lipinski definition) is 0. The average molecular weight is 540 g/mol. The van der Waals surface area contributed by atoms with Crippen molar-refractivity contribution in [2.45, 2.75) is 141 Å². The number of hydrogen-bond acceptors (Lipinski definition) is 4. The van der Waals surface area contributed by atoms with E-state index in [1.807, 2.05) is 18.2 Å². The SMILES string of the molecule is C#CCN(C(=O)OCOC(=O)CCCCCCCCCCCCCCCCCCC)C1CCc2ccccc21. The quantitative estimate of drug-likeness (QED) is 0.0637. The van der Waals surface area contributed by atoms with Crippen LogP contribution in [0.15, 0.2) is 24.3 Å². The Morgan fingerprint density at radius 1 is 0.821 bits per heavy atom. The van der Waals surface area contributed by atoms with Gasteiger partial charge in [-0.3, -0.25) is 9.69 Å². The standard InChI is InChI=1S/C34H53NO4/c1-3-5-6-7-8-9-10-11-12-13-14-15-16-17-18-19-20-25-33(36)38-29-39-34(37)35(28-4-2)32-27-26-30-23-21-22-24-31(30)32/h2,21-24,32H,3,5-20,25-29H2,1H3. The van der Waals surface area contributed by atoms with Crippen LogP contribution in [-0.2, 0) is 20.7 Å². The van der Waals surface area contributed by atoms with Crippen molar-refractivity contribution in [2.75, 3.05) is 13.3 Å². The Morgan fingerprint density at radius 2 is 1.36 bits per heavy atom.